The van der Waals surface area contributed by atoms with Crippen LogP contribution in [0.3, 0.4) is 0 Å². The first kappa shape index (κ1) is 18.3. The first-order chi connectivity index (χ1) is 13.9. The molecule has 1 aliphatic rings. The largest absolute Gasteiger partial charge is 0.326 e. The van der Waals surface area contributed by atoms with Crippen molar-refractivity contribution >= 4 is 34.2 Å². The van der Waals surface area contributed by atoms with Gasteiger partial charge in [-0.2, -0.15) is 5.10 Å². The van der Waals surface area contributed by atoms with Gasteiger partial charge in [-0.1, -0.05) is 24.3 Å². The maximum Gasteiger partial charge on any atom is 0.290 e. The molecule has 2 heterocycles. The van der Waals surface area contributed by atoms with Gasteiger partial charge in [0.05, 0.1) is 11.3 Å². The minimum atomic E-state index is -0.903. The Morgan fingerprint density at radius 3 is 2.62 bits per heavy atom. The summed E-state index contributed by atoms with van der Waals surface area (Å²) in [7, 11) is 0. The van der Waals surface area contributed by atoms with Crippen LogP contribution in [0, 0.1) is 5.82 Å². The molecule has 9 nitrogen and oxygen atoms in total. The standard InChI is InChI=1S/C19H14FN5O4/c20-9-5-6-10-13(8-15(26)21-14(10)7-9)18(28)24-25-19(29)16-11-3-1-2-4-12(11)17(27)23-22-16/h1-7,13H,8H2,(H,21,26)(H,23,27)(H,24,28)(H,25,29)/t13-/m1/s1. The van der Waals surface area contributed by atoms with Crippen LogP contribution in [-0.2, 0) is 9.59 Å². The number of aromatic amines is 1. The zero-order chi connectivity index (χ0) is 20.5. The number of hydrogen-bond acceptors (Lipinski definition) is 5. The second-order valence-corrected chi connectivity index (χ2v) is 6.43. The Morgan fingerprint density at radius 1 is 1.07 bits per heavy atom. The van der Waals surface area contributed by atoms with Gasteiger partial charge < -0.3 is 5.32 Å². The Morgan fingerprint density at radius 2 is 1.83 bits per heavy atom. The van der Waals surface area contributed by atoms with Crippen LogP contribution in [0.25, 0.3) is 10.8 Å². The molecule has 2 aromatic carbocycles. The fraction of sp³-hybridized carbons (Fsp3) is 0.105. The van der Waals surface area contributed by atoms with E-state index in [4.69, 9.17) is 0 Å². The maximum atomic E-state index is 13.4. The van der Waals surface area contributed by atoms with Crippen molar-refractivity contribution in [3.8, 4) is 0 Å². The number of benzene rings is 2. The molecular weight excluding hydrogens is 381 g/mol. The van der Waals surface area contributed by atoms with Crippen molar-refractivity contribution in [2.45, 2.75) is 12.3 Å². The Labute approximate surface area is 162 Å². The van der Waals surface area contributed by atoms with Crippen molar-refractivity contribution in [2.24, 2.45) is 0 Å². The number of halogens is 1. The fourth-order valence-electron chi connectivity index (χ4n) is 3.22. The highest BCUT2D eigenvalue weighted by Crippen LogP contribution is 2.32. The molecule has 1 aliphatic heterocycles. The van der Waals surface area contributed by atoms with E-state index >= 15 is 0 Å². The van der Waals surface area contributed by atoms with Gasteiger partial charge in [0, 0.05) is 17.5 Å². The summed E-state index contributed by atoms with van der Waals surface area (Å²) in [5.74, 6) is -3.28. The first-order valence-electron chi connectivity index (χ1n) is 8.61. The average Bonchev–Trinajstić information content (AvgIpc) is 2.71. The molecule has 0 unspecified atom stereocenters. The van der Waals surface area contributed by atoms with E-state index < -0.39 is 35.0 Å². The number of nitrogens with one attached hydrogen (secondary N) is 4. The summed E-state index contributed by atoms with van der Waals surface area (Å²) in [5, 5.41) is 9.09. The van der Waals surface area contributed by atoms with E-state index in [1.807, 2.05) is 0 Å². The van der Waals surface area contributed by atoms with Crippen LogP contribution in [0.2, 0.25) is 0 Å². The molecule has 0 radical (unpaired) electrons. The number of fused-ring (bicyclic) bond motifs is 2. The minimum absolute atomic E-state index is 0.0793. The van der Waals surface area contributed by atoms with Gasteiger partial charge in [0.25, 0.3) is 11.5 Å². The lowest BCUT2D eigenvalue weighted by Gasteiger charge is -2.24. The molecule has 0 saturated carbocycles. The van der Waals surface area contributed by atoms with E-state index in [9.17, 15) is 23.6 Å². The number of hydrazine groups is 1. The molecule has 3 amide bonds. The monoisotopic (exact) mass is 395 g/mol. The SMILES string of the molecule is O=C1C[C@@H](C(=O)NNC(=O)c2n[nH]c(=O)c3ccccc23)c2ccc(F)cc2N1. The summed E-state index contributed by atoms with van der Waals surface area (Å²) >= 11 is 0. The van der Waals surface area contributed by atoms with Gasteiger partial charge in [0.2, 0.25) is 11.8 Å². The van der Waals surface area contributed by atoms with Gasteiger partial charge in [-0.05, 0) is 23.8 Å². The molecule has 3 aromatic rings. The Bertz CT molecular complexity index is 1220. The lowest BCUT2D eigenvalue weighted by molar-refractivity contribution is -0.126. The highest BCUT2D eigenvalue weighted by Gasteiger charge is 2.31. The van der Waals surface area contributed by atoms with Crippen LogP contribution in [0.5, 0.6) is 0 Å². The minimum Gasteiger partial charge on any atom is -0.326 e. The van der Waals surface area contributed by atoms with Crippen molar-refractivity contribution in [3.05, 3.63) is 69.9 Å². The lowest BCUT2D eigenvalue weighted by atomic mass is 9.90. The van der Waals surface area contributed by atoms with Crippen molar-refractivity contribution in [1.29, 1.82) is 0 Å². The number of hydrogen-bond donors (Lipinski definition) is 4. The van der Waals surface area contributed by atoms with Gasteiger partial charge in [-0.3, -0.25) is 30.0 Å². The fourth-order valence-corrected chi connectivity index (χ4v) is 3.22. The molecule has 1 aromatic heterocycles. The average molecular weight is 395 g/mol. The van der Waals surface area contributed by atoms with Gasteiger partial charge >= 0.3 is 0 Å². The van der Waals surface area contributed by atoms with E-state index in [0.29, 0.717) is 10.9 Å². The summed E-state index contributed by atoms with van der Waals surface area (Å²) in [6, 6.07) is 10.1. The second-order valence-electron chi connectivity index (χ2n) is 6.43. The third-order valence-corrected chi connectivity index (χ3v) is 4.58. The zero-order valence-corrected chi connectivity index (χ0v) is 14.8. The third kappa shape index (κ3) is 3.43. The van der Waals surface area contributed by atoms with Crippen molar-refractivity contribution in [1.82, 2.24) is 21.0 Å². The number of H-pyrrole nitrogens is 1. The molecule has 0 fully saturated rings. The molecule has 0 saturated heterocycles. The van der Waals surface area contributed by atoms with E-state index in [1.54, 1.807) is 24.3 Å². The summed E-state index contributed by atoms with van der Waals surface area (Å²) in [6.45, 7) is 0. The summed E-state index contributed by atoms with van der Waals surface area (Å²) in [5.41, 5.74) is 4.62. The molecule has 0 bridgehead atoms. The number of amides is 3. The molecule has 1 atom stereocenters. The summed E-state index contributed by atoms with van der Waals surface area (Å²) < 4.78 is 13.4. The molecule has 4 rings (SSSR count). The normalized spacial score (nSPS) is 15.3. The van der Waals surface area contributed by atoms with Crippen molar-refractivity contribution in [3.63, 3.8) is 0 Å². The van der Waals surface area contributed by atoms with E-state index in [2.05, 4.69) is 26.4 Å². The van der Waals surface area contributed by atoms with E-state index in [0.717, 1.165) is 6.07 Å². The Hall–Kier alpha value is -4.08. The number of rotatable bonds is 2. The zero-order valence-electron chi connectivity index (χ0n) is 14.8. The quantitative estimate of drug-likeness (QED) is 0.480. The number of nitrogens with zero attached hydrogens (tertiary/aromatic N) is 1. The molecule has 0 aliphatic carbocycles. The van der Waals surface area contributed by atoms with Gasteiger partial charge in [0.1, 0.15) is 5.82 Å². The molecule has 146 valence electrons. The predicted molar refractivity (Wildman–Crippen MR) is 100 cm³/mol. The Balaban J connectivity index is 1.54. The number of anilines is 1. The number of carbonyl (C=O) groups excluding carboxylic acids is 3. The topological polar surface area (TPSA) is 133 Å². The lowest BCUT2D eigenvalue weighted by Crippen LogP contribution is -2.45. The van der Waals surface area contributed by atoms with Crippen LogP contribution in [-0.4, -0.2) is 27.9 Å². The highest BCUT2D eigenvalue weighted by molar-refractivity contribution is 6.06. The van der Waals surface area contributed by atoms with Crippen LogP contribution in [0.15, 0.2) is 47.3 Å². The summed E-state index contributed by atoms with van der Waals surface area (Å²) in [6.07, 6.45) is -0.153. The molecule has 4 N–H and O–H groups in total. The molecule has 29 heavy (non-hydrogen) atoms. The van der Waals surface area contributed by atoms with Gasteiger partial charge in [-0.15, -0.1) is 0 Å². The van der Waals surface area contributed by atoms with Crippen LogP contribution in [0.1, 0.15) is 28.4 Å². The third-order valence-electron chi connectivity index (χ3n) is 4.58. The van der Waals surface area contributed by atoms with E-state index in [1.165, 1.54) is 12.1 Å². The molecule has 10 heteroatoms. The number of aromatic nitrogens is 2. The Kier molecular flexibility index (Phi) is 4.51. The van der Waals surface area contributed by atoms with Gasteiger partial charge in [-0.25, -0.2) is 9.49 Å². The number of carbonyl (C=O) groups is 3. The maximum absolute atomic E-state index is 13.4. The first-order valence-corrected chi connectivity index (χ1v) is 8.61. The molecular formula is C19H14FN5O4. The highest BCUT2D eigenvalue weighted by atomic mass is 19.1. The van der Waals surface area contributed by atoms with Crippen molar-refractivity contribution in [2.75, 3.05) is 5.32 Å². The van der Waals surface area contributed by atoms with Gasteiger partial charge in [0.15, 0.2) is 5.69 Å². The van der Waals surface area contributed by atoms with Crippen molar-refractivity contribution < 1.29 is 18.8 Å². The van der Waals surface area contributed by atoms with Crippen LogP contribution in [0.4, 0.5) is 10.1 Å². The van der Waals surface area contributed by atoms with E-state index in [-0.39, 0.29) is 23.2 Å². The van der Waals surface area contributed by atoms with Crippen LogP contribution < -0.4 is 21.7 Å². The predicted octanol–water partition coefficient (Wildman–Crippen LogP) is 0.949. The second kappa shape index (κ2) is 7.15. The van der Waals surface area contributed by atoms with Crippen LogP contribution >= 0.6 is 0 Å². The molecule has 0 spiro atoms. The summed E-state index contributed by atoms with van der Waals surface area (Å²) in [4.78, 5) is 48.7. The smallest absolute Gasteiger partial charge is 0.290 e.